The molecule has 0 unspecified atom stereocenters. The number of rotatable bonds is 6. The van der Waals surface area contributed by atoms with Gasteiger partial charge in [0, 0.05) is 5.41 Å². The maximum absolute atomic E-state index is 7.13. The first kappa shape index (κ1) is 29.4. The lowest BCUT2D eigenvalue weighted by Gasteiger charge is -2.60. The molecule has 4 aliphatic rings. The molecule has 0 N–H and O–H groups in total. The van der Waals surface area contributed by atoms with Crippen molar-refractivity contribution in [2.45, 2.75) is 145 Å². The Morgan fingerprint density at radius 1 is 1.00 bits per heavy atom. The van der Waals surface area contributed by atoms with Crippen molar-refractivity contribution >= 4 is 8.32 Å². The zero-order chi connectivity index (χ0) is 27.6. The number of fused-ring (bicyclic) bond motifs is 5. The first-order valence-corrected chi connectivity index (χ1v) is 18.6. The first-order chi connectivity index (χ1) is 16.9. The zero-order valence-electron chi connectivity index (χ0n) is 26.7. The summed E-state index contributed by atoms with van der Waals surface area (Å²) < 4.78 is 7.13. The minimum Gasteiger partial charge on any atom is -0.413 e. The van der Waals surface area contributed by atoms with E-state index in [4.69, 9.17) is 4.43 Å². The molecule has 2 heteroatoms. The average Bonchev–Trinajstić information content (AvgIpc) is 3.12. The van der Waals surface area contributed by atoms with Crippen LogP contribution in [0.4, 0.5) is 0 Å². The molecule has 3 saturated carbocycles. The summed E-state index contributed by atoms with van der Waals surface area (Å²) in [5, 5.41) is 0.257. The number of allylic oxidation sites excluding steroid dienone is 5. The predicted octanol–water partition coefficient (Wildman–Crippen LogP) is 10.9. The van der Waals surface area contributed by atoms with Crippen molar-refractivity contribution in [1.82, 2.24) is 0 Å². The molecule has 4 rings (SSSR count). The molecule has 0 aromatic carbocycles. The van der Waals surface area contributed by atoms with Gasteiger partial charge in [-0.25, -0.2) is 0 Å². The molecule has 37 heavy (non-hydrogen) atoms. The van der Waals surface area contributed by atoms with Gasteiger partial charge in [-0.3, -0.25) is 0 Å². The summed E-state index contributed by atoms with van der Waals surface area (Å²) >= 11 is 0. The van der Waals surface area contributed by atoms with E-state index >= 15 is 0 Å². The van der Waals surface area contributed by atoms with Crippen molar-refractivity contribution in [3.05, 3.63) is 34.9 Å². The van der Waals surface area contributed by atoms with E-state index in [1.165, 1.54) is 56.9 Å². The van der Waals surface area contributed by atoms with E-state index in [-0.39, 0.29) is 10.5 Å². The van der Waals surface area contributed by atoms with Crippen LogP contribution in [0.2, 0.25) is 18.1 Å². The summed E-state index contributed by atoms with van der Waals surface area (Å²) in [4.78, 5) is 0. The van der Waals surface area contributed by atoms with Gasteiger partial charge in [0.05, 0.1) is 6.10 Å². The highest BCUT2D eigenvalue weighted by molar-refractivity contribution is 6.74. The van der Waals surface area contributed by atoms with Crippen molar-refractivity contribution in [3.8, 4) is 0 Å². The molecule has 3 fully saturated rings. The SMILES string of the molecule is CC(C)=CCC[C@@H](C)[C@H]1CC[C@H]2C3=CC=C4C(C)(C)[C@@H](O[Si](C)(C)C(C)(C)C)CC[C@]4(C)[C@H]3CC[C@]12C. The minimum atomic E-state index is -1.81. The summed E-state index contributed by atoms with van der Waals surface area (Å²) in [6, 6.07) is 0. The van der Waals surface area contributed by atoms with Gasteiger partial charge >= 0.3 is 0 Å². The van der Waals surface area contributed by atoms with Crippen LogP contribution in [0.15, 0.2) is 34.9 Å². The lowest BCUT2D eigenvalue weighted by Crippen LogP contribution is -2.55. The van der Waals surface area contributed by atoms with E-state index < -0.39 is 8.32 Å². The molecule has 1 nitrogen and oxygen atoms in total. The van der Waals surface area contributed by atoms with Crippen LogP contribution in [0, 0.1) is 39.9 Å². The minimum absolute atomic E-state index is 0.100. The number of hydrogen-bond acceptors (Lipinski definition) is 1. The van der Waals surface area contributed by atoms with Gasteiger partial charge in [0.25, 0.3) is 0 Å². The van der Waals surface area contributed by atoms with Gasteiger partial charge in [-0.05, 0) is 118 Å². The van der Waals surface area contributed by atoms with Gasteiger partial charge in [-0.2, -0.15) is 0 Å². The van der Waals surface area contributed by atoms with Crippen molar-refractivity contribution in [2.24, 2.45) is 39.9 Å². The molecular weight excluding hydrogens is 464 g/mol. The van der Waals surface area contributed by atoms with Gasteiger partial charge in [-0.1, -0.05) is 90.3 Å². The molecular formula is C35H60OSi. The summed E-state index contributed by atoms with van der Waals surface area (Å²) in [5.74, 6) is 3.24. The fraction of sp³-hybridized carbons (Fsp3) is 0.829. The van der Waals surface area contributed by atoms with Crippen LogP contribution in [0.5, 0.6) is 0 Å². The van der Waals surface area contributed by atoms with Gasteiger partial charge in [0.2, 0.25) is 0 Å². The standard InChI is InChI=1S/C35H60OSi/c1-24(2)14-13-15-25(3)27-17-18-28-26-16-19-30-33(7,8)31(36-37(11,12)32(4,5)6)21-23-35(30,10)29(26)20-22-34(27,28)9/h14,16,19,25,27-29,31H,13,15,17-18,20-23H2,1-12H3/t25-,27-,28+,29+,31+,34-,35-/m1/s1. The van der Waals surface area contributed by atoms with Crippen LogP contribution >= 0.6 is 0 Å². The molecule has 0 saturated heterocycles. The smallest absolute Gasteiger partial charge is 0.192 e. The highest BCUT2D eigenvalue weighted by atomic mass is 28.4. The second-order valence-electron chi connectivity index (χ2n) is 16.5. The van der Waals surface area contributed by atoms with Crippen molar-refractivity contribution < 1.29 is 4.43 Å². The molecule has 0 heterocycles. The highest BCUT2D eigenvalue weighted by Crippen LogP contribution is 2.68. The Bertz CT molecular complexity index is 954. The fourth-order valence-corrected chi connectivity index (χ4v) is 10.7. The lowest BCUT2D eigenvalue weighted by atomic mass is 9.46. The maximum Gasteiger partial charge on any atom is 0.192 e. The van der Waals surface area contributed by atoms with E-state index in [2.05, 4.69) is 101 Å². The predicted molar refractivity (Wildman–Crippen MR) is 164 cm³/mol. The molecule has 210 valence electrons. The van der Waals surface area contributed by atoms with E-state index in [9.17, 15) is 0 Å². The Labute approximate surface area is 232 Å². The molecule has 0 amide bonds. The Hall–Kier alpha value is -0.603. The number of hydrogen-bond donors (Lipinski definition) is 0. The third-order valence-corrected chi connectivity index (χ3v) is 17.0. The fourth-order valence-electron chi connectivity index (χ4n) is 9.25. The Balaban J connectivity index is 1.59. The second kappa shape index (κ2) is 9.79. The summed E-state index contributed by atoms with van der Waals surface area (Å²) in [7, 11) is -1.81. The van der Waals surface area contributed by atoms with Crippen LogP contribution in [-0.4, -0.2) is 14.4 Å². The van der Waals surface area contributed by atoms with Crippen molar-refractivity contribution in [2.75, 3.05) is 0 Å². The van der Waals surface area contributed by atoms with Crippen LogP contribution in [0.25, 0.3) is 0 Å². The zero-order valence-corrected chi connectivity index (χ0v) is 27.7. The van der Waals surface area contributed by atoms with E-state index in [1.807, 2.05) is 5.57 Å². The van der Waals surface area contributed by atoms with Gasteiger partial charge in [-0.15, -0.1) is 0 Å². The van der Waals surface area contributed by atoms with Crippen LogP contribution in [0.3, 0.4) is 0 Å². The van der Waals surface area contributed by atoms with Crippen LogP contribution in [0.1, 0.15) is 121 Å². The normalized spacial score (nSPS) is 38.1. The largest absolute Gasteiger partial charge is 0.413 e. The van der Waals surface area contributed by atoms with Crippen molar-refractivity contribution in [3.63, 3.8) is 0 Å². The topological polar surface area (TPSA) is 9.23 Å². The van der Waals surface area contributed by atoms with Gasteiger partial charge in [0.15, 0.2) is 8.32 Å². The van der Waals surface area contributed by atoms with Crippen molar-refractivity contribution in [1.29, 1.82) is 0 Å². The molecule has 0 aromatic heterocycles. The monoisotopic (exact) mass is 524 g/mol. The summed E-state index contributed by atoms with van der Waals surface area (Å²) in [6.07, 6.45) is 18.8. The third kappa shape index (κ3) is 4.94. The van der Waals surface area contributed by atoms with E-state index in [0.717, 1.165) is 23.7 Å². The van der Waals surface area contributed by atoms with E-state index in [1.54, 1.807) is 5.57 Å². The first-order valence-electron chi connectivity index (χ1n) is 15.7. The third-order valence-electron chi connectivity index (χ3n) is 12.5. The summed E-state index contributed by atoms with van der Waals surface area (Å²) in [6.45, 7) is 29.4. The highest BCUT2D eigenvalue weighted by Gasteiger charge is 2.60. The molecule has 4 aliphatic carbocycles. The Morgan fingerprint density at radius 2 is 1.68 bits per heavy atom. The molecule has 7 atom stereocenters. The lowest BCUT2D eigenvalue weighted by molar-refractivity contribution is -0.0112. The second-order valence-corrected chi connectivity index (χ2v) is 21.2. The van der Waals surface area contributed by atoms with Gasteiger partial charge in [0.1, 0.15) is 0 Å². The molecule has 0 spiro atoms. The molecule has 0 aromatic rings. The quantitative estimate of drug-likeness (QED) is 0.248. The average molecular weight is 525 g/mol. The van der Waals surface area contributed by atoms with E-state index in [0.29, 0.717) is 16.9 Å². The van der Waals surface area contributed by atoms with Crippen LogP contribution < -0.4 is 0 Å². The van der Waals surface area contributed by atoms with Gasteiger partial charge < -0.3 is 4.43 Å². The molecule has 0 aliphatic heterocycles. The summed E-state index contributed by atoms with van der Waals surface area (Å²) in [5.41, 5.74) is 5.89. The van der Waals surface area contributed by atoms with Crippen LogP contribution in [-0.2, 0) is 4.43 Å². The Morgan fingerprint density at radius 3 is 2.30 bits per heavy atom. The Kier molecular flexibility index (Phi) is 7.78. The molecule has 0 radical (unpaired) electrons. The maximum atomic E-state index is 7.13. The molecule has 0 bridgehead atoms.